The third-order valence-corrected chi connectivity index (χ3v) is 4.79. The summed E-state index contributed by atoms with van der Waals surface area (Å²) in [6, 6.07) is 3.49. The Bertz CT molecular complexity index is 690. The van der Waals surface area contributed by atoms with E-state index in [0.717, 1.165) is 55.8 Å². The van der Waals surface area contributed by atoms with E-state index in [1.165, 1.54) is 6.07 Å². The van der Waals surface area contributed by atoms with Crippen LogP contribution in [0.4, 0.5) is 13.2 Å². The summed E-state index contributed by atoms with van der Waals surface area (Å²) in [6.45, 7) is 1.53. The van der Waals surface area contributed by atoms with Gasteiger partial charge in [-0.15, -0.1) is 11.3 Å². The van der Waals surface area contributed by atoms with E-state index in [9.17, 15) is 18.0 Å². The molecule has 3 rings (SSSR count). The monoisotopic (exact) mass is 328 g/mol. The van der Waals surface area contributed by atoms with Crippen molar-refractivity contribution in [3.8, 4) is 0 Å². The van der Waals surface area contributed by atoms with Gasteiger partial charge in [0.15, 0.2) is 0 Å². The molecule has 0 N–H and O–H groups in total. The number of halogens is 3. The lowest BCUT2D eigenvalue weighted by atomic mass is 10.1. The van der Waals surface area contributed by atoms with Gasteiger partial charge in [-0.05, 0) is 37.5 Å². The lowest BCUT2D eigenvalue weighted by Gasteiger charge is -2.26. The molecule has 0 saturated carbocycles. The van der Waals surface area contributed by atoms with Crippen LogP contribution in [-0.2, 0) is 17.4 Å². The summed E-state index contributed by atoms with van der Waals surface area (Å²) >= 11 is 1.16. The molecule has 1 saturated heterocycles. The van der Waals surface area contributed by atoms with Crippen molar-refractivity contribution >= 4 is 27.5 Å². The molecular formula is C15H15F3N2OS. The number of carbonyl (C=O) groups is 1. The predicted octanol–water partition coefficient (Wildman–Crippen LogP) is 3.87. The lowest BCUT2D eigenvalue weighted by Crippen LogP contribution is -2.36. The molecule has 2 aromatic rings. The first-order chi connectivity index (χ1) is 10.4. The van der Waals surface area contributed by atoms with Gasteiger partial charge in [-0.2, -0.15) is 13.2 Å². The van der Waals surface area contributed by atoms with Crippen LogP contribution in [0.1, 0.15) is 29.8 Å². The minimum absolute atomic E-state index is 0.00907. The Morgan fingerprint density at radius 3 is 2.64 bits per heavy atom. The second kappa shape index (κ2) is 5.87. The SMILES string of the molecule is O=C(Cc1nc2ccc(C(F)(F)F)cc2s1)N1CCCCC1. The molecule has 1 amide bonds. The van der Waals surface area contributed by atoms with Crippen LogP contribution in [0.2, 0.25) is 0 Å². The van der Waals surface area contributed by atoms with Crippen LogP contribution in [0.25, 0.3) is 10.2 Å². The fourth-order valence-electron chi connectivity index (χ4n) is 2.61. The minimum Gasteiger partial charge on any atom is -0.342 e. The van der Waals surface area contributed by atoms with E-state index in [1.807, 2.05) is 4.90 Å². The molecule has 1 aromatic heterocycles. The fourth-order valence-corrected chi connectivity index (χ4v) is 3.61. The number of amides is 1. The maximum Gasteiger partial charge on any atom is 0.416 e. The van der Waals surface area contributed by atoms with Gasteiger partial charge in [0.2, 0.25) is 5.91 Å². The predicted molar refractivity (Wildman–Crippen MR) is 78.8 cm³/mol. The maximum atomic E-state index is 12.7. The highest BCUT2D eigenvalue weighted by atomic mass is 32.1. The van der Waals surface area contributed by atoms with Crippen molar-refractivity contribution in [1.82, 2.24) is 9.88 Å². The van der Waals surface area contributed by atoms with Crippen molar-refractivity contribution in [2.24, 2.45) is 0 Å². The number of nitrogens with zero attached hydrogens (tertiary/aromatic N) is 2. The van der Waals surface area contributed by atoms with Crippen LogP contribution in [-0.4, -0.2) is 28.9 Å². The smallest absolute Gasteiger partial charge is 0.342 e. The second-order valence-electron chi connectivity index (χ2n) is 5.41. The quantitative estimate of drug-likeness (QED) is 0.838. The van der Waals surface area contributed by atoms with Gasteiger partial charge in [-0.25, -0.2) is 4.98 Å². The van der Waals surface area contributed by atoms with Gasteiger partial charge >= 0.3 is 6.18 Å². The first-order valence-corrected chi connectivity index (χ1v) is 7.99. The fraction of sp³-hybridized carbons (Fsp3) is 0.467. The summed E-state index contributed by atoms with van der Waals surface area (Å²) in [5.41, 5.74) is -0.169. The molecular weight excluding hydrogens is 313 g/mol. The van der Waals surface area contributed by atoms with E-state index >= 15 is 0 Å². The van der Waals surface area contributed by atoms with E-state index < -0.39 is 11.7 Å². The van der Waals surface area contributed by atoms with Crippen molar-refractivity contribution in [3.63, 3.8) is 0 Å². The van der Waals surface area contributed by atoms with Crippen LogP contribution in [0.3, 0.4) is 0 Å². The van der Waals surface area contributed by atoms with Crippen molar-refractivity contribution in [3.05, 3.63) is 28.8 Å². The van der Waals surface area contributed by atoms with Crippen LogP contribution >= 0.6 is 11.3 Å². The van der Waals surface area contributed by atoms with E-state index in [2.05, 4.69) is 4.98 Å². The molecule has 1 aliphatic rings. The van der Waals surface area contributed by atoms with Gasteiger partial charge in [-0.1, -0.05) is 0 Å². The molecule has 1 aliphatic heterocycles. The molecule has 0 radical (unpaired) electrons. The number of rotatable bonds is 2. The first-order valence-electron chi connectivity index (χ1n) is 7.18. The highest BCUT2D eigenvalue weighted by Gasteiger charge is 2.30. The number of aromatic nitrogens is 1. The summed E-state index contributed by atoms with van der Waals surface area (Å²) in [5, 5.41) is 0.574. The number of piperidine rings is 1. The molecule has 1 aromatic carbocycles. The van der Waals surface area contributed by atoms with Crippen molar-refractivity contribution in [2.75, 3.05) is 13.1 Å². The topological polar surface area (TPSA) is 33.2 Å². The summed E-state index contributed by atoms with van der Waals surface area (Å²) < 4.78 is 38.6. The summed E-state index contributed by atoms with van der Waals surface area (Å²) in [4.78, 5) is 18.3. The van der Waals surface area contributed by atoms with Gasteiger partial charge in [0.05, 0.1) is 22.2 Å². The number of alkyl halides is 3. The van der Waals surface area contributed by atoms with E-state index in [1.54, 1.807) is 0 Å². The molecule has 118 valence electrons. The zero-order chi connectivity index (χ0) is 15.7. The molecule has 1 fully saturated rings. The molecule has 0 atom stereocenters. The van der Waals surface area contributed by atoms with Gasteiger partial charge < -0.3 is 4.90 Å². The third-order valence-electron chi connectivity index (χ3n) is 3.77. The van der Waals surface area contributed by atoms with Crippen molar-refractivity contribution < 1.29 is 18.0 Å². The first kappa shape index (κ1) is 15.3. The number of hydrogen-bond donors (Lipinski definition) is 0. The number of benzene rings is 1. The zero-order valence-electron chi connectivity index (χ0n) is 11.8. The van der Waals surface area contributed by atoms with Crippen LogP contribution < -0.4 is 0 Å². The van der Waals surface area contributed by atoms with Gasteiger partial charge in [0.1, 0.15) is 5.01 Å². The molecule has 7 heteroatoms. The van der Waals surface area contributed by atoms with Crippen LogP contribution in [0, 0.1) is 0 Å². The molecule has 0 unspecified atom stereocenters. The highest BCUT2D eigenvalue weighted by molar-refractivity contribution is 7.18. The van der Waals surface area contributed by atoms with Crippen LogP contribution in [0.5, 0.6) is 0 Å². The van der Waals surface area contributed by atoms with Crippen molar-refractivity contribution in [2.45, 2.75) is 31.9 Å². The van der Waals surface area contributed by atoms with Crippen LogP contribution in [0.15, 0.2) is 18.2 Å². The standard InChI is InChI=1S/C15H15F3N2OS/c16-15(17,18)10-4-5-11-12(8-10)22-13(19-11)9-14(21)20-6-2-1-3-7-20/h4-5,8H,1-3,6-7,9H2. The van der Waals surface area contributed by atoms with Gasteiger partial charge in [-0.3, -0.25) is 4.79 Å². The second-order valence-corrected chi connectivity index (χ2v) is 6.52. The molecule has 0 aliphatic carbocycles. The van der Waals surface area contributed by atoms with E-state index in [4.69, 9.17) is 0 Å². The Morgan fingerprint density at radius 2 is 1.95 bits per heavy atom. The molecule has 0 spiro atoms. The van der Waals surface area contributed by atoms with Gasteiger partial charge in [0.25, 0.3) is 0 Å². The number of likely N-dealkylation sites (tertiary alicyclic amines) is 1. The average molecular weight is 328 g/mol. The normalized spacial score (nSPS) is 16.2. The highest BCUT2D eigenvalue weighted by Crippen LogP contribution is 2.33. The number of hydrogen-bond acceptors (Lipinski definition) is 3. The number of fused-ring (bicyclic) bond motifs is 1. The Morgan fingerprint density at radius 1 is 1.23 bits per heavy atom. The van der Waals surface area contributed by atoms with Gasteiger partial charge in [0, 0.05) is 13.1 Å². The average Bonchev–Trinajstić information content (AvgIpc) is 2.88. The number of thiazole rings is 1. The third kappa shape index (κ3) is 3.24. The Labute approximate surface area is 129 Å². The van der Waals surface area contributed by atoms with Crippen molar-refractivity contribution in [1.29, 1.82) is 0 Å². The minimum atomic E-state index is -4.36. The lowest BCUT2D eigenvalue weighted by molar-refractivity contribution is -0.137. The Balaban J connectivity index is 1.78. The largest absolute Gasteiger partial charge is 0.416 e. The number of carbonyl (C=O) groups excluding carboxylic acids is 1. The maximum absolute atomic E-state index is 12.7. The molecule has 0 bridgehead atoms. The molecule has 3 nitrogen and oxygen atoms in total. The Kier molecular flexibility index (Phi) is 4.08. The summed E-state index contributed by atoms with van der Waals surface area (Å²) in [6.07, 6.45) is -1.02. The zero-order valence-corrected chi connectivity index (χ0v) is 12.6. The molecule has 22 heavy (non-hydrogen) atoms. The summed E-state index contributed by atoms with van der Waals surface area (Å²) in [7, 11) is 0. The van der Waals surface area contributed by atoms with E-state index in [0.29, 0.717) is 15.2 Å². The molecule has 2 heterocycles. The van der Waals surface area contributed by atoms with E-state index in [-0.39, 0.29) is 12.3 Å². The Hall–Kier alpha value is -1.63. The summed E-state index contributed by atoms with van der Waals surface area (Å²) in [5.74, 6) is 0.00907.